The molecular weight excluding hydrogens is 198 g/mol. The van der Waals surface area contributed by atoms with E-state index in [0.29, 0.717) is 6.04 Å². The molecule has 1 aromatic carbocycles. The van der Waals surface area contributed by atoms with Crippen LogP contribution in [0.1, 0.15) is 19.8 Å². The Bertz CT molecular complexity index is 332. The molecule has 1 unspecified atom stereocenters. The molecule has 88 valence electrons. The summed E-state index contributed by atoms with van der Waals surface area (Å²) in [5.41, 5.74) is 7.78. The minimum atomic E-state index is 0.447. The third-order valence-electron chi connectivity index (χ3n) is 3.09. The van der Waals surface area contributed by atoms with Crippen LogP contribution in [0.5, 0.6) is 0 Å². The molecule has 3 N–H and O–H groups in total. The second-order valence-corrected chi connectivity index (χ2v) is 4.64. The third-order valence-corrected chi connectivity index (χ3v) is 3.09. The number of nitrogen functional groups attached to an aromatic ring is 1. The summed E-state index contributed by atoms with van der Waals surface area (Å²) in [5.74, 6) is 0. The third kappa shape index (κ3) is 2.89. The van der Waals surface area contributed by atoms with Gasteiger partial charge in [0, 0.05) is 12.6 Å². The molecule has 0 radical (unpaired) electrons. The van der Waals surface area contributed by atoms with Crippen LogP contribution in [0.2, 0.25) is 0 Å². The van der Waals surface area contributed by atoms with Crippen LogP contribution in [0.25, 0.3) is 0 Å². The van der Waals surface area contributed by atoms with Gasteiger partial charge in [0.25, 0.3) is 0 Å². The van der Waals surface area contributed by atoms with Gasteiger partial charge in [0.15, 0.2) is 0 Å². The average Bonchev–Trinajstić information content (AvgIpc) is 2.74. The average molecular weight is 219 g/mol. The smallest absolute Gasteiger partial charge is 0.0576 e. The molecule has 1 fully saturated rings. The fraction of sp³-hybridized carbons (Fsp3) is 0.538. The van der Waals surface area contributed by atoms with Crippen LogP contribution < -0.4 is 11.1 Å². The molecule has 0 saturated carbocycles. The SMILES string of the molecule is CC(CN1CCCC1)Nc1ccccc1N. The molecule has 1 aromatic rings. The standard InChI is InChI=1S/C13H21N3/c1-11(10-16-8-4-5-9-16)15-13-7-3-2-6-12(13)14/h2-3,6-7,11,15H,4-5,8-10,14H2,1H3. The first-order chi connectivity index (χ1) is 7.75. The van der Waals surface area contributed by atoms with E-state index in [0.717, 1.165) is 17.9 Å². The molecule has 1 saturated heterocycles. The number of anilines is 2. The van der Waals surface area contributed by atoms with Crippen LogP contribution in [0.3, 0.4) is 0 Å². The number of nitrogens with two attached hydrogens (primary N) is 1. The van der Waals surface area contributed by atoms with Crippen molar-refractivity contribution in [3.8, 4) is 0 Å². The second-order valence-electron chi connectivity index (χ2n) is 4.64. The van der Waals surface area contributed by atoms with Gasteiger partial charge >= 0.3 is 0 Å². The van der Waals surface area contributed by atoms with E-state index in [9.17, 15) is 0 Å². The fourth-order valence-electron chi connectivity index (χ4n) is 2.29. The maximum absolute atomic E-state index is 5.90. The van der Waals surface area contributed by atoms with Gasteiger partial charge in [-0.25, -0.2) is 0 Å². The maximum Gasteiger partial charge on any atom is 0.0576 e. The van der Waals surface area contributed by atoms with Gasteiger partial charge in [-0.1, -0.05) is 12.1 Å². The molecule has 0 amide bonds. The van der Waals surface area contributed by atoms with Crippen LogP contribution in [0.15, 0.2) is 24.3 Å². The van der Waals surface area contributed by atoms with Gasteiger partial charge in [0.2, 0.25) is 0 Å². The topological polar surface area (TPSA) is 41.3 Å². The van der Waals surface area contributed by atoms with Crippen molar-refractivity contribution in [1.82, 2.24) is 4.90 Å². The number of benzene rings is 1. The quantitative estimate of drug-likeness (QED) is 0.763. The van der Waals surface area contributed by atoms with Crippen LogP contribution in [-0.2, 0) is 0 Å². The van der Waals surface area contributed by atoms with Gasteiger partial charge in [0.05, 0.1) is 11.4 Å². The first kappa shape index (κ1) is 11.3. The Labute approximate surface area is 97.6 Å². The van der Waals surface area contributed by atoms with Gasteiger partial charge in [0.1, 0.15) is 0 Å². The lowest BCUT2D eigenvalue weighted by atomic mass is 10.2. The van der Waals surface area contributed by atoms with Gasteiger partial charge < -0.3 is 16.0 Å². The highest BCUT2D eigenvalue weighted by Crippen LogP contribution is 2.18. The number of likely N-dealkylation sites (tertiary alicyclic amines) is 1. The number of para-hydroxylation sites is 2. The number of rotatable bonds is 4. The maximum atomic E-state index is 5.90. The number of nitrogens with one attached hydrogen (secondary N) is 1. The number of nitrogens with zero attached hydrogens (tertiary/aromatic N) is 1. The minimum absolute atomic E-state index is 0.447. The summed E-state index contributed by atoms with van der Waals surface area (Å²) >= 11 is 0. The van der Waals surface area contributed by atoms with E-state index in [1.807, 2.05) is 24.3 Å². The minimum Gasteiger partial charge on any atom is -0.397 e. The van der Waals surface area contributed by atoms with Crippen molar-refractivity contribution in [2.24, 2.45) is 0 Å². The van der Waals surface area contributed by atoms with E-state index in [-0.39, 0.29) is 0 Å². The molecule has 1 aliphatic heterocycles. The van der Waals surface area contributed by atoms with Crippen molar-refractivity contribution in [2.45, 2.75) is 25.8 Å². The van der Waals surface area contributed by atoms with Crippen molar-refractivity contribution in [3.63, 3.8) is 0 Å². The van der Waals surface area contributed by atoms with E-state index < -0.39 is 0 Å². The summed E-state index contributed by atoms with van der Waals surface area (Å²) in [6.45, 7) is 5.81. The summed E-state index contributed by atoms with van der Waals surface area (Å²) in [6, 6.07) is 8.40. The van der Waals surface area contributed by atoms with E-state index in [1.165, 1.54) is 25.9 Å². The summed E-state index contributed by atoms with van der Waals surface area (Å²) in [5, 5.41) is 3.47. The van der Waals surface area contributed by atoms with E-state index in [4.69, 9.17) is 5.73 Å². The zero-order valence-corrected chi connectivity index (χ0v) is 9.95. The van der Waals surface area contributed by atoms with Crippen molar-refractivity contribution in [1.29, 1.82) is 0 Å². The summed E-state index contributed by atoms with van der Waals surface area (Å²) in [6.07, 6.45) is 2.69. The van der Waals surface area contributed by atoms with Crippen molar-refractivity contribution < 1.29 is 0 Å². The van der Waals surface area contributed by atoms with Crippen molar-refractivity contribution >= 4 is 11.4 Å². The lowest BCUT2D eigenvalue weighted by Gasteiger charge is -2.22. The Balaban J connectivity index is 1.86. The van der Waals surface area contributed by atoms with E-state index in [2.05, 4.69) is 17.1 Å². The predicted molar refractivity (Wildman–Crippen MR) is 69.6 cm³/mol. The molecule has 16 heavy (non-hydrogen) atoms. The molecule has 0 aromatic heterocycles. The first-order valence-corrected chi connectivity index (χ1v) is 6.09. The van der Waals surface area contributed by atoms with E-state index in [1.54, 1.807) is 0 Å². The first-order valence-electron chi connectivity index (χ1n) is 6.09. The molecule has 2 rings (SSSR count). The molecule has 0 aliphatic carbocycles. The van der Waals surface area contributed by atoms with Gasteiger partial charge in [-0.05, 0) is 45.0 Å². The highest BCUT2D eigenvalue weighted by molar-refractivity contribution is 5.65. The van der Waals surface area contributed by atoms with Crippen molar-refractivity contribution in [2.75, 3.05) is 30.7 Å². The summed E-state index contributed by atoms with van der Waals surface area (Å²) in [4.78, 5) is 2.51. The molecule has 3 nitrogen and oxygen atoms in total. The number of hydrogen-bond acceptors (Lipinski definition) is 3. The fourth-order valence-corrected chi connectivity index (χ4v) is 2.29. The summed E-state index contributed by atoms with van der Waals surface area (Å²) < 4.78 is 0. The Hall–Kier alpha value is -1.22. The van der Waals surface area contributed by atoms with Gasteiger partial charge in [-0.2, -0.15) is 0 Å². The Morgan fingerprint density at radius 2 is 2.00 bits per heavy atom. The molecule has 1 aliphatic rings. The van der Waals surface area contributed by atoms with Crippen LogP contribution in [-0.4, -0.2) is 30.6 Å². The van der Waals surface area contributed by atoms with Gasteiger partial charge in [-0.3, -0.25) is 0 Å². The normalized spacial score (nSPS) is 18.6. The van der Waals surface area contributed by atoms with Crippen LogP contribution in [0.4, 0.5) is 11.4 Å². The monoisotopic (exact) mass is 219 g/mol. The highest BCUT2D eigenvalue weighted by Gasteiger charge is 2.14. The molecule has 1 heterocycles. The molecule has 0 bridgehead atoms. The largest absolute Gasteiger partial charge is 0.397 e. The summed E-state index contributed by atoms with van der Waals surface area (Å²) in [7, 11) is 0. The highest BCUT2D eigenvalue weighted by atomic mass is 15.2. The molecule has 0 spiro atoms. The Morgan fingerprint density at radius 3 is 2.69 bits per heavy atom. The lowest BCUT2D eigenvalue weighted by molar-refractivity contribution is 0.328. The number of hydrogen-bond donors (Lipinski definition) is 2. The van der Waals surface area contributed by atoms with Crippen LogP contribution in [0, 0.1) is 0 Å². The zero-order chi connectivity index (χ0) is 11.4. The van der Waals surface area contributed by atoms with E-state index >= 15 is 0 Å². The van der Waals surface area contributed by atoms with Gasteiger partial charge in [-0.15, -0.1) is 0 Å². The second kappa shape index (κ2) is 5.21. The Kier molecular flexibility index (Phi) is 3.67. The van der Waals surface area contributed by atoms with Crippen LogP contribution >= 0.6 is 0 Å². The van der Waals surface area contributed by atoms with Crippen molar-refractivity contribution in [3.05, 3.63) is 24.3 Å². The molecule has 1 atom stereocenters. The molecule has 3 heteroatoms. The lowest BCUT2D eigenvalue weighted by Crippen LogP contribution is -2.33. The predicted octanol–water partition coefficient (Wildman–Crippen LogP) is 2.17. The zero-order valence-electron chi connectivity index (χ0n) is 9.95. The molecular formula is C13H21N3. The Morgan fingerprint density at radius 1 is 1.31 bits per heavy atom.